The molecule has 2 rings (SSSR count). The van der Waals surface area contributed by atoms with Crippen LogP contribution in [0.5, 0.6) is 0 Å². The van der Waals surface area contributed by atoms with E-state index in [1.165, 1.54) is 0 Å². The fraction of sp³-hybridized carbons (Fsp3) is 0.471. The van der Waals surface area contributed by atoms with Crippen molar-refractivity contribution in [2.75, 3.05) is 13.2 Å². The van der Waals surface area contributed by atoms with Gasteiger partial charge in [0.25, 0.3) is 5.91 Å². The van der Waals surface area contributed by atoms with E-state index in [9.17, 15) is 4.79 Å². The fourth-order valence-corrected chi connectivity index (χ4v) is 2.54. The van der Waals surface area contributed by atoms with Crippen molar-refractivity contribution in [2.24, 2.45) is 0 Å². The van der Waals surface area contributed by atoms with Gasteiger partial charge in [0.1, 0.15) is 6.61 Å². The molecule has 1 fully saturated rings. The number of nitrogens with one attached hydrogen (secondary N) is 1. The highest BCUT2D eigenvalue weighted by Crippen LogP contribution is 2.16. The monoisotopic (exact) mass is 287 g/mol. The van der Waals surface area contributed by atoms with Gasteiger partial charge < -0.3 is 15.2 Å². The zero-order chi connectivity index (χ0) is 15.2. The predicted octanol–water partition coefficient (Wildman–Crippen LogP) is 1.64. The van der Waals surface area contributed by atoms with Crippen LogP contribution in [0.1, 0.15) is 41.3 Å². The SMILES string of the molecule is Cc1c(C#CCO)cccc1C(=O)NC1CCOC(C)C1. The van der Waals surface area contributed by atoms with Crippen LogP contribution >= 0.6 is 0 Å². The Hall–Kier alpha value is -1.83. The number of rotatable bonds is 2. The molecule has 0 bridgehead atoms. The number of aliphatic hydroxyl groups excluding tert-OH is 1. The molecular weight excluding hydrogens is 266 g/mol. The molecule has 0 aliphatic carbocycles. The van der Waals surface area contributed by atoms with Gasteiger partial charge in [0.2, 0.25) is 0 Å². The van der Waals surface area contributed by atoms with Crippen LogP contribution in [0.3, 0.4) is 0 Å². The Morgan fingerprint density at radius 3 is 3.05 bits per heavy atom. The highest BCUT2D eigenvalue weighted by Gasteiger charge is 2.22. The van der Waals surface area contributed by atoms with Crippen molar-refractivity contribution in [3.8, 4) is 11.8 Å². The summed E-state index contributed by atoms with van der Waals surface area (Å²) in [5.74, 6) is 5.41. The van der Waals surface area contributed by atoms with Crippen LogP contribution in [0.25, 0.3) is 0 Å². The first-order chi connectivity index (χ1) is 10.1. The normalized spacial score (nSPS) is 21.3. The molecule has 1 heterocycles. The number of amides is 1. The highest BCUT2D eigenvalue weighted by atomic mass is 16.5. The number of hydrogen-bond donors (Lipinski definition) is 2. The molecule has 4 nitrogen and oxygen atoms in total. The van der Waals surface area contributed by atoms with Gasteiger partial charge in [-0.3, -0.25) is 4.79 Å². The molecule has 1 aromatic carbocycles. The van der Waals surface area contributed by atoms with E-state index in [4.69, 9.17) is 9.84 Å². The minimum absolute atomic E-state index is 0.0701. The number of aliphatic hydroxyl groups is 1. The van der Waals surface area contributed by atoms with E-state index in [-0.39, 0.29) is 24.7 Å². The summed E-state index contributed by atoms with van der Waals surface area (Å²) in [5.41, 5.74) is 2.26. The van der Waals surface area contributed by atoms with Crippen molar-refractivity contribution in [1.29, 1.82) is 0 Å². The summed E-state index contributed by atoms with van der Waals surface area (Å²) in [6.07, 6.45) is 1.88. The standard InChI is InChI=1S/C17H21NO3/c1-12-11-15(8-10-21-12)18-17(20)16-7-3-5-14(13(16)2)6-4-9-19/h3,5,7,12,15,19H,8-11H2,1-2H3,(H,18,20). The number of ether oxygens (including phenoxy) is 1. The molecule has 2 unspecified atom stereocenters. The summed E-state index contributed by atoms with van der Waals surface area (Å²) in [6, 6.07) is 5.63. The summed E-state index contributed by atoms with van der Waals surface area (Å²) in [5, 5.41) is 11.8. The van der Waals surface area contributed by atoms with E-state index in [1.54, 1.807) is 6.07 Å². The topological polar surface area (TPSA) is 58.6 Å². The molecular formula is C17H21NO3. The highest BCUT2D eigenvalue weighted by molar-refractivity contribution is 5.96. The van der Waals surface area contributed by atoms with Gasteiger partial charge in [-0.25, -0.2) is 0 Å². The van der Waals surface area contributed by atoms with E-state index in [0.717, 1.165) is 24.0 Å². The van der Waals surface area contributed by atoms with Crippen molar-refractivity contribution in [2.45, 2.75) is 38.8 Å². The van der Waals surface area contributed by atoms with Crippen LogP contribution in [0.2, 0.25) is 0 Å². The lowest BCUT2D eigenvalue weighted by Crippen LogP contribution is -2.41. The molecule has 1 saturated heterocycles. The van der Waals surface area contributed by atoms with Crippen molar-refractivity contribution in [1.82, 2.24) is 5.32 Å². The Morgan fingerprint density at radius 2 is 2.33 bits per heavy atom. The zero-order valence-electron chi connectivity index (χ0n) is 12.5. The minimum atomic E-state index is -0.185. The molecule has 0 saturated carbocycles. The Balaban J connectivity index is 2.12. The molecule has 2 atom stereocenters. The lowest BCUT2D eigenvalue weighted by atomic mass is 10.00. The number of benzene rings is 1. The number of hydrogen-bond acceptors (Lipinski definition) is 3. The third kappa shape index (κ3) is 4.07. The fourth-order valence-electron chi connectivity index (χ4n) is 2.54. The van der Waals surface area contributed by atoms with Gasteiger partial charge in [0.15, 0.2) is 0 Å². The second-order valence-electron chi connectivity index (χ2n) is 5.31. The summed E-state index contributed by atoms with van der Waals surface area (Å²) in [4.78, 5) is 12.4. The third-order valence-corrected chi connectivity index (χ3v) is 3.70. The maximum Gasteiger partial charge on any atom is 0.251 e. The van der Waals surface area contributed by atoms with Crippen LogP contribution in [0.15, 0.2) is 18.2 Å². The van der Waals surface area contributed by atoms with E-state index in [2.05, 4.69) is 17.2 Å². The van der Waals surface area contributed by atoms with Crippen molar-refractivity contribution in [3.05, 3.63) is 34.9 Å². The van der Waals surface area contributed by atoms with E-state index in [0.29, 0.717) is 12.2 Å². The van der Waals surface area contributed by atoms with Gasteiger partial charge in [0.05, 0.1) is 6.10 Å². The van der Waals surface area contributed by atoms with Crippen LogP contribution in [0.4, 0.5) is 0 Å². The van der Waals surface area contributed by atoms with E-state index >= 15 is 0 Å². The Bertz CT molecular complexity index is 571. The van der Waals surface area contributed by atoms with Crippen LogP contribution in [-0.2, 0) is 4.74 Å². The maximum atomic E-state index is 12.4. The first-order valence-corrected chi connectivity index (χ1v) is 7.23. The van der Waals surface area contributed by atoms with Gasteiger partial charge in [-0.1, -0.05) is 17.9 Å². The van der Waals surface area contributed by atoms with Gasteiger partial charge in [-0.05, 0) is 44.4 Å². The number of carbonyl (C=O) groups excluding carboxylic acids is 1. The zero-order valence-corrected chi connectivity index (χ0v) is 12.5. The molecule has 0 aromatic heterocycles. The molecule has 1 aromatic rings. The molecule has 112 valence electrons. The van der Waals surface area contributed by atoms with Crippen LogP contribution in [0, 0.1) is 18.8 Å². The Labute approximate surface area is 125 Å². The van der Waals surface area contributed by atoms with Crippen molar-refractivity contribution >= 4 is 5.91 Å². The minimum Gasteiger partial charge on any atom is -0.384 e. The molecule has 2 N–H and O–H groups in total. The summed E-state index contributed by atoms with van der Waals surface area (Å²) >= 11 is 0. The lowest BCUT2D eigenvalue weighted by molar-refractivity contribution is 0.0136. The first-order valence-electron chi connectivity index (χ1n) is 7.23. The van der Waals surface area contributed by atoms with Gasteiger partial charge >= 0.3 is 0 Å². The van der Waals surface area contributed by atoms with Gasteiger partial charge in [-0.2, -0.15) is 0 Å². The Morgan fingerprint density at radius 1 is 1.52 bits per heavy atom. The molecule has 1 aliphatic rings. The second kappa shape index (κ2) is 7.26. The van der Waals surface area contributed by atoms with E-state index < -0.39 is 0 Å². The predicted molar refractivity (Wildman–Crippen MR) is 81.0 cm³/mol. The van der Waals surface area contributed by atoms with E-state index in [1.807, 2.05) is 26.0 Å². The lowest BCUT2D eigenvalue weighted by Gasteiger charge is -2.28. The van der Waals surface area contributed by atoms with Crippen LogP contribution in [-0.4, -0.2) is 36.4 Å². The molecule has 0 spiro atoms. The largest absolute Gasteiger partial charge is 0.384 e. The van der Waals surface area contributed by atoms with Crippen molar-refractivity contribution in [3.63, 3.8) is 0 Å². The molecule has 0 radical (unpaired) electrons. The maximum absolute atomic E-state index is 12.4. The summed E-state index contributed by atoms with van der Waals surface area (Å²) in [6.45, 7) is 4.40. The van der Waals surface area contributed by atoms with Gasteiger partial charge in [0, 0.05) is 23.8 Å². The quantitative estimate of drug-likeness (QED) is 0.813. The third-order valence-electron chi connectivity index (χ3n) is 3.70. The van der Waals surface area contributed by atoms with Gasteiger partial charge in [-0.15, -0.1) is 0 Å². The number of carbonyl (C=O) groups is 1. The van der Waals surface area contributed by atoms with Crippen molar-refractivity contribution < 1.29 is 14.6 Å². The summed E-state index contributed by atoms with van der Waals surface area (Å²) in [7, 11) is 0. The smallest absolute Gasteiger partial charge is 0.251 e. The molecule has 1 amide bonds. The second-order valence-corrected chi connectivity index (χ2v) is 5.31. The molecule has 1 aliphatic heterocycles. The average Bonchev–Trinajstić information content (AvgIpc) is 2.46. The average molecular weight is 287 g/mol. The first kappa shape index (κ1) is 15.6. The molecule has 21 heavy (non-hydrogen) atoms. The van der Waals surface area contributed by atoms with Crippen LogP contribution < -0.4 is 5.32 Å². The molecule has 4 heteroatoms. The summed E-state index contributed by atoms with van der Waals surface area (Å²) < 4.78 is 5.49. The Kier molecular flexibility index (Phi) is 5.38.